The molecule has 0 fully saturated rings. The van der Waals surface area contributed by atoms with Crippen LogP contribution >= 0.6 is 0 Å². The largest absolute Gasteiger partial charge is 0.457 e. The second-order valence-corrected chi connectivity index (χ2v) is 6.52. The van der Waals surface area contributed by atoms with E-state index in [1.165, 1.54) is 0 Å². The third-order valence-corrected chi connectivity index (χ3v) is 4.34. The number of hydrogen-bond acceptors (Lipinski definition) is 4. The Morgan fingerprint density at radius 3 is 2.43 bits per heavy atom. The van der Waals surface area contributed by atoms with Crippen LogP contribution in [0.1, 0.15) is 11.4 Å². The van der Waals surface area contributed by atoms with E-state index >= 15 is 0 Å². The van der Waals surface area contributed by atoms with Gasteiger partial charge >= 0.3 is 0 Å². The van der Waals surface area contributed by atoms with E-state index in [0.717, 1.165) is 39.7 Å². The van der Waals surface area contributed by atoms with E-state index in [4.69, 9.17) is 4.74 Å². The molecule has 0 atom stereocenters. The number of benzene rings is 2. The standard InChI is InChI=1S/C24H21N3O/c1-18-14-21(12-13-25-18)27-17-22-11-10-20(16-26-22)19-6-5-9-24(15-19)28-23-7-3-2-4-8-23/h2-16H,17H2,1H3,(H,25,27). The number of para-hydroxylation sites is 1. The fourth-order valence-electron chi connectivity index (χ4n) is 2.91. The molecule has 0 aliphatic rings. The highest BCUT2D eigenvalue weighted by Crippen LogP contribution is 2.27. The van der Waals surface area contributed by atoms with Crippen LogP contribution in [0.15, 0.2) is 91.3 Å². The van der Waals surface area contributed by atoms with Crippen LogP contribution in [0.25, 0.3) is 11.1 Å². The van der Waals surface area contributed by atoms with Crippen molar-refractivity contribution >= 4 is 5.69 Å². The summed E-state index contributed by atoms with van der Waals surface area (Å²) in [5.74, 6) is 1.63. The van der Waals surface area contributed by atoms with E-state index in [1.54, 1.807) is 6.20 Å². The molecule has 4 heteroatoms. The molecule has 2 heterocycles. The van der Waals surface area contributed by atoms with Gasteiger partial charge in [-0.05, 0) is 55.0 Å². The van der Waals surface area contributed by atoms with Gasteiger partial charge in [0.2, 0.25) is 0 Å². The van der Waals surface area contributed by atoms with Crippen LogP contribution in [0.4, 0.5) is 5.69 Å². The van der Waals surface area contributed by atoms with Gasteiger partial charge in [0.1, 0.15) is 11.5 Å². The van der Waals surface area contributed by atoms with E-state index in [1.807, 2.05) is 79.9 Å². The molecule has 0 aliphatic carbocycles. The van der Waals surface area contributed by atoms with Crippen LogP contribution in [0.3, 0.4) is 0 Å². The first kappa shape index (κ1) is 17.7. The molecule has 0 amide bonds. The fourth-order valence-corrected chi connectivity index (χ4v) is 2.91. The minimum absolute atomic E-state index is 0.668. The molecule has 2 aromatic heterocycles. The van der Waals surface area contributed by atoms with Crippen molar-refractivity contribution in [3.63, 3.8) is 0 Å². The molecule has 4 rings (SSSR count). The summed E-state index contributed by atoms with van der Waals surface area (Å²) in [6, 6.07) is 25.9. The number of pyridine rings is 2. The van der Waals surface area contributed by atoms with Crippen molar-refractivity contribution < 1.29 is 4.74 Å². The Kier molecular flexibility index (Phi) is 5.29. The molecule has 138 valence electrons. The van der Waals surface area contributed by atoms with Crippen LogP contribution in [-0.2, 0) is 6.54 Å². The molecule has 1 N–H and O–H groups in total. The summed E-state index contributed by atoms with van der Waals surface area (Å²) in [5.41, 5.74) is 5.15. The van der Waals surface area contributed by atoms with Crippen LogP contribution < -0.4 is 10.1 Å². The Bertz CT molecular complexity index is 1050. The SMILES string of the molecule is Cc1cc(NCc2ccc(-c3cccc(Oc4ccccc4)c3)cn2)ccn1. The van der Waals surface area contributed by atoms with Crippen LogP contribution in [0.5, 0.6) is 11.5 Å². The lowest BCUT2D eigenvalue weighted by Crippen LogP contribution is -2.02. The van der Waals surface area contributed by atoms with Gasteiger partial charge in [-0.2, -0.15) is 0 Å². The molecule has 0 bridgehead atoms. The molecule has 0 saturated carbocycles. The van der Waals surface area contributed by atoms with Crippen LogP contribution in [-0.4, -0.2) is 9.97 Å². The predicted octanol–water partition coefficient (Wildman–Crippen LogP) is 5.86. The van der Waals surface area contributed by atoms with Crippen molar-refractivity contribution in [3.05, 3.63) is 103 Å². The Morgan fingerprint density at radius 1 is 0.786 bits per heavy atom. The molecule has 28 heavy (non-hydrogen) atoms. The zero-order valence-electron chi connectivity index (χ0n) is 15.7. The Morgan fingerprint density at radius 2 is 1.64 bits per heavy atom. The van der Waals surface area contributed by atoms with Gasteiger partial charge in [-0.3, -0.25) is 9.97 Å². The number of aryl methyl sites for hydroxylation is 1. The van der Waals surface area contributed by atoms with E-state index in [-0.39, 0.29) is 0 Å². The van der Waals surface area contributed by atoms with Gasteiger partial charge in [0, 0.05) is 29.3 Å². The minimum atomic E-state index is 0.668. The summed E-state index contributed by atoms with van der Waals surface area (Å²) >= 11 is 0. The average Bonchev–Trinajstić information content (AvgIpc) is 2.74. The monoisotopic (exact) mass is 367 g/mol. The number of nitrogens with zero attached hydrogens (tertiary/aromatic N) is 2. The lowest BCUT2D eigenvalue weighted by Gasteiger charge is -2.09. The quantitative estimate of drug-likeness (QED) is 0.464. The lowest BCUT2D eigenvalue weighted by atomic mass is 10.1. The predicted molar refractivity (Wildman–Crippen MR) is 112 cm³/mol. The number of ether oxygens (including phenoxy) is 1. The van der Waals surface area contributed by atoms with Crippen LogP contribution in [0.2, 0.25) is 0 Å². The number of anilines is 1. The van der Waals surface area contributed by atoms with E-state index in [0.29, 0.717) is 6.54 Å². The average molecular weight is 367 g/mol. The third-order valence-electron chi connectivity index (χ3n) is 4.34. The summed E-state index contributed by atoms with van der Waals surface area (Å²) in [4.78, 5) is 8.79. The first-order chi connectivity index (χ1) is 13.8. The third kappa shape index (κ3) is 4.54. The minimum Gasteiger partial charge on any atom is -0.457 e. The van der Waals surface area contributed by atoms with E-state index in [9.17, 15) is 0 Å². The van der Waals surface area contributed by atoms with Crippen molar-refractivity contribution in [2.24, 2.45) is 0 Å². The number of aromatic nitrogens is 2. The molecule has 0 unspecified atom stereocenters. The zero-order chi connectivity index (χ0) is 19.2. The molecular formula is C24H21N3O. The van der Waals surface area contributed by atoms with E-state index < -0.39 is 0 Å². The maximum Gasteiger partial charge on any atom is 0.128 e. The zero-order valence-corrected chi connectivity index (χ0v) is 15.7. The van der Waals surface area contributed by atoms with Gasteiger partial charge in [-0.15, -0.1) is 0 Å². The summed E-state index contributed by atoms with van der Waals surface area (Å²) in [6.45, 7) is 2.65. The maximum atomic E-state index is 5.93. The topological polar surface area (TPSA) is 47.0 Å². The van der Waals surface area contributed by atoms with Crippen molar-refractivity contribution in [2.75, 3.05) is 5.32 Å². The molecule has 4 aromatic rings. The van der Waals surface area contributed by atoms with Crippen molar-refractivity contribution in [3.8, 4) is 22.6 Å². The summed E-state index contributed by atoms with van der Waals surface area (Å²) in [5, 5.41) is 3.37. The lowest BCUT2D eigenvalue weighted by molar-refractivity contribution is 0.483. The highest BCUT2D eigenvalue weighted by Gasteiger charge is 2.03. The second kappa shape index (κ2) is 8.35. The Labute approximate surface area is 164 Å². The summed E-state index contributed by atoms with van der Waals surface area (Å²) in [6.07, 6.45) is 3.70. The number of hydrogen-bond donors (Lipinski definition) is 1. The van der Waals surface area contributed by atoms with Crippen molar-refractivity contribution in [2.45, 2.75) is 13.5 Å². The normalized spacial score (nSPS) is 10.5. The van der Waals surface area contributed by atoms with Crippen LogP contribution in [0, 0.1) is 6.92 Å². The summed E-state index contributed by atoms with van der Waals surface area (Å²) in [7, 11) is 0. The Hall–Kier alpha value is -3.66. The van der Waals surface area contributed by atoms with Gasteiger partial charge in [-0.25, -0.2) is 0 Å². The fraction of sp³-hybridized carbons (Fsp3) is 0.0833. The number of rotatable bonds is 6. The molecular weight excluding hydrogens is 346 g/mol. The van der Waals surface area contributed by atoms with Gasteiger partial charge in [0.25, 0.3) is 0 Å². The highest BCUT2D eigenvalue weighted by atomic mass is 16.5. The van der Waals surface area contributed by atoms with E-state index in [2.05, 4.69) is 27.4 Å². The molecule has 4 nitrogen and oxygen atoms in total. The Balaban J connectivity index is 1.44. The first-order valence-electron chi connectivity index (χ1n) is 9.21. The second-order valence-electron chi connectivity index (χ2n) is 6.52. The first-order valence-corrected chi connectivity index (χ1v) is 9.21. The summed E-state index contributed by atoms with van der Waals surface area (Å²) < 4.78 is 5.93. The van der Waals surface area contributed by atoms with Gasteiger partial charge < -0.3 is 10.1 Å². The highest BCUT2D eigenvalue weighted by molar-refractivity contribution is 5.64. The maximum absolute atomic E-state index is 5.93. The molecule has 0 aliphatic heterocycles. The smallest absolute Gasteiger partial charge is 0.128 e. The molecule has 2 aromatic carbocycles. The van der Waals surface area contributed by atoms with Gasteiger partial charge in [0.05, 0.1) is 12.2 Å². The van der Waals surface area contributed by atoms with Gasteiger partial charge in [0.15, 0.2) is 0 Å². The molecule has 0 spiro atoms. The number of nitrogens with one attached hydrogen (secondary N) is 1. The van der Waals surface area contributed by atoms with Crippen molar-refractivity contribution in [1.82, 2.24) is 9.97 Å². The van der Waals surface area contributed by atoms with Crippen molar-refractivity contribution in [1.29, 1.82) is 0 Å². The molecule has 0 radical (unpaired) electrons. The van der Waals surface area contributed by atoms with Gasteiger partial charge in [-0.1, -0.05) is 36.4 Å². The molecule has 0 saturated heterocycles.